The van der Waals surface area contributed by atoms with Crippen molar-refractivity contribution >= 4 is 17.3 Å². The van der Waals surface area contributed by atoms with E-state index in [2.05, 4.69) is 0 Å². The van der Waals surface area contributed by atoms with Gasteiger partial charge in [0.25, 0.3) is 0 Å². The molecule has 0 aliphatic carbocycles. The minimum Gasteiger partial charge on any atom is -0.494 e. The van der Waals surface area contributed by atoms with E-state index in [9.17, 15) is 0 Å². The zero-order valence-electron chi connectivity index (χ0n) is 10.7. The molecule has 98 valence electrons. The van der Waals surface area contributed by atoms with E-state index in [4.69, 9.17) is 21.8 Å². The number of thiocarbonyl (C=S) groups is 1. The van der Waals surface area contributed by atoms with Crippen molar-refractivity contribution in [1.29, 1.82) is 0 Å². The normalized spacial score (nSPS) is 16.3. The maximum atomic E-state index is 5.70. The molecule has 1 heterocycles. The van der Waals surface area contributed by atoms with Gasteiger partial charge in [0.2, 0.25) is 5.05 Å². The average molecular weight is 265 g/mol. The van der Waals surface area contributed by atoms with Gasteiger partial charge in [-0.3, -0.25) is 0 Å². The van der Waals surface area contributed by atoms with Crippen LogP contribution in [0, 0.1) is 0 Å². The zero-order chi connectivity index (χ0) is 12.8. The molecular formula is C14H19NO2S. The summed E-state index contributed by atoms with van der Waals surface area (Å²) in [5.41, 5.74) is 0.930. The standard InChI is InChI=1S/C14H19NO2S/c1-2-16-13-8-6-12(7-9-13)14(18)17-15-10-4-3-5-11-15/h6-9H,2-5,10-11H2,1H3. The first kappa shape index (κ1) is 13.3. The molecule has 4 heteroatoms. The summed E-state index contributed by atoms with van der Waals surface area (Å²) in [7, 11) is 0. The Hall–Kier alpha value is -1.13. The second kappa shape index (κ2) is 6.71. The quantitative estimate of drug-likeness (QED) is 0.779. The summed E-state index contributed by atoms with van der Waals surface area (Å²) in [6.45, 7) is 4.58. The van der Waals surface area contributed by atoms with Crippen molar-refractivity contribution in [2.24, 2.45) is 0 Å². The van der Waals surface area contributed by atoms with Crippen molar-refractivity contribution in [1.82, 2.24) is 5.06 Å². The van der Waals surface area contributed by atoms with Crippen molar-refractivity contribution in [3.63, 3.8) is 0 Å². The van der Waals surface area contributed by atoms with Gasteiger partial charge in [0.15, 0.2) is 0 Å². The highest BCUT2D eigenvalue weighted by atomic mass is 32.1. The van der Waals surface area contributed by atoms with Gasteiger partial charge in [-0.25, -0.2) is 0 Å². The Bertz CT molecular complexity index is 385. The van der Waals surface area contributed by atoms with Crippen LogP contribution in [-0.2, 0) is 4.84 Å². The molecule has 0 saturated carbocycles. The first-order valence-corrected chi connectivity index (χ1v) is 6.90. The van der Waals surface area contributed by atoms with E-state index in [1.165, 1.54) is 19.3 Å². The second-order valence-corrected chi connectivity index (χ2v) is 4.70. The highest BCUT2D eigenvalue weighted by molar-refractivity contribution is 7.80. The van der Waals surface area contributed by atoms with Gasteiger partial charge in [-0.05, 0) is 56.2 Å². The van der Waals surface area contributed by atoms with Crippen molar-refractivity contribution in [2.45, 2.75) is 26.2 Å². The Morgan fingerprint density at radius 3 is 2.44 bits per heavy atom. The molecule has 18 heavy (non-hydrogen) atoms. The Morgan fingerprint density at radius 1 is 1.17 bits per heavy atom. The predicted molar refractivity (Wildman–Crippen MR) is 75.8 cm³/mol. The van der Waals surface area contributed by atoms with Crippen LogP contribution >= 0.6 is 12.2 Å². The fourth-order valence-corrected chi connectivity index (χ4v) is 2.22. The number of ether oxygens (including phenoxy) is 1. The summed E-state index contributed by atoms with van der Waals surface area (Å²) in [6, 6.07) is 7.73. The van der Waals surface area contributed by atoms with Gasteiger partial charge in [0.05, 0.1) is 6.61 Å². The van der Waals surface area contributed by atoms with Crippen LogP contribution < -0.4 is 4.74 Å². The highest BCUT2D eigenvalue weighted by Gasteiger charge is 2.13. The first-order chi connectivity index (χ1) is 8.79. The minimum absolute atomic E-state index is 0.542. The summed E-state index contributed by atoms with van der Waals surface area (Å²) in [4.78, 5) is 5.70. The van der Waals surface area contributed by atoms with Gasteiger partial charge in [-0.15, -0.1) is 5.06 Å². The maximum Gasteiger partial charge on any atom is 0.218 e. The third-order valence-electron chi connectivity index (χ3n) is 2.93. The lowest BCUT2D eigenvalue weighted by atomic mass is 10.2. The molecule has 1 aromatic carbocycles. The van der Waals surface area contributed by atoms with Gasteiger partial charge in [0, 0.05) is 18.7 Å². The summed E-state index contributed by atoms with van der Waals surface area (Å²) in [6.07, 6.45) is 3.66. The number of hydrogen-bond donors (Lipinski definition) is 0. The van der Waals surface area contributed by atoms with Crippen LogP contribution in [0.25, 0.3) is 0 Å². The molecule has 0 N–H and O–H groups in total. The van der Waals surface area contributed by atoms with E-state index in [1.807, 2.05) is 36.3 Å². The molecule has 0 aromatic heterocycles. The van der Waals surface area contributed by atoms with Crippen LogP contribution in [0.3, 0.4) is 0 Å². The molecule has 0 spiro atoms. The molecule has 0 radical (unpaired) electrons. The van der Waals surface area contributed by atoms with Crippen LogP contribution in [0.4, 0.5) is 0 Å². The van der Waals surface area contributed by atoms with Crippen LogP contribution in [-0.4, -0.2) is 29.8 Å². The molecule has 2 rings (SSSR count). The van der Waals surface area contributed by atoms with Crippen molar-refractivity contribution in [3.05, 3.63) is 29.8 Å². The summed E-state index contributed by atoms with van der Waals surface area (Å²) in [5.74, 6) is 0.863. The number of benzene rings is 1. The van der Waals surface area contributed by atoms with Crippen LogP contribution in [0.2, 0.25) is 0 Å². The average Bonchev–Trinajstić information content (AvgIpc) is 2.41. The molecule has 1 aliphatic rings. The molecule has 1 aliphatic heterocycles. The Morgan fingerprint density at radius 2 is 1.83 bits per heavy atom. The molecular weight excluding hydrogens is 246 g/mol. The van der Waals surface area contributed by atoms with Crippen LogP contribution in [0.15, 0.2) is 24.3 Å². The zero-order valence-corrected chi connectivity index (χ0v) is 11.5. The molecule has 1 fully saturated rings. The number of rotatable bonds is 4. The second-order valence-electron chi connectivity index (χ2n) is 4.33. The Balaban J connectivity index is 1.91. The lowest BCUT2D eigenvalue weighted by molar-refractivity contribution is -0.0820. The van der Waals surface area contributed by atoms with Gasteiger partial charge in [-0.2, -0.15) is 0 Å². The van der Waals surface area contributed by atoms with Crippen molar-refractivity contribution in [3.8, 4) is 5.75 Å². The van der Waals surface area contributed by atoms with E-state index in [-0.39, 0.29) is 0 Å². The molecule has 1 saturated heterocycles. The fourth-order valence-electron chi connectivity index (χ4n) is 1.98. The minimum atomic E-state index is 0.542. The molecule has 3 nitrogen and oxygen atoms in total. The molecule has 1 aromatic rings. The molecule has 0 amide bonds. The summed E-state index contributed by atoms with van der Waals surface area (Å²) >= 11 is 5.30. The lowest BCUT2D eigenvalue weighted by Crippen LogP contribution is -2.32. The van der Waals surface area contributed by atoms with E-state index >= 15 is 0 Å². The van der Waals surface area contributed by atoms with Crippen LogP contribution in [0.1, 0.15) is 31.7 Å². The Kier molecular flexibility index (Phi) is 4.96. The SMILES string of the molecule is CCOc1ccc(C(=S)ON2CCCCC2)cc1. The number of hydroxylamine groups is 2. The van der Waals surface area contributed by atoms with Gasteiger partial charge < -0.3 is 9.57 Å². The van der Waals surface area contributed by atoms with E-state index in [0.29, 0.717) is 11.7 Å². The van der Waals surface area contributed by atoms with E-state index in [0.717, 1.165) is 24.4 Å². The third-order valence-corrected chi connectivity index (χ3v) is 3.24. The molecule has 0 bridgehead atoms. The number of nitrogens with zero attached hydrogens (tertiary/aromatic N) is 1. The smallest absolute Gasteiger partial charge is 0.218 e. The molecule has 0 unspecified atom stereocenters. The lowest BCUT2D eigenvalue weighted by Gasteiger charge is -2.26. The van der Waals surface area contributed by atoms with Gasteiger partial charge >= 0.3 is 0 Å². The largest absolute Gasteiger partial charge is 0.494 e. The Labute approximate surface area is 114 Å². The highest BCUT2D eigenvalue weighted by Crippen LogP contribution is 2.15. The van der Waals surface area contributed by atoms with E-state index in [1.54, 1.807) is 0 Å². The fraction of sp³-hybridized carbons (Fsp3) is 0.500. The van der Waals surface area contributed by atoms with Gasteiger partial charge in [-0.1, -0.05) is 6.42 Å². The monoisotopic (exact) mass is 265 g/mol. The number of piperidine rings is 1. The van der Waals surface area contributed by atoms with Gasteiger partial charge in [0.1, 0.15) is 5.75 Å². The summed E-state index contributed by atoms with van der Waals surface area (Å²) < 4.78 is 5.40. The predicted octanol–water partition coefficient (Wildman–Crippen LogP) is 3.18. The van der Waals surface area contributed by atoms with E-state index < -0.39 is 0 Å². The van der Waals surface area contributed by atoms with Crippen LogP contribution in [0.5, 0.6) is 5.75 Å². The maximum absolute atomic E-state index is 5.70. The molecule has 0 atom stereocenters. The first-order valence-electron chi connectivity index (χ1n) is 6.49. The third kappa shape index (κ3) is 3.68. The summed E-state index contributed by atoms with van der Waals surface area (Å²) in [5, 5.41) is 2.50. The topological polar surface area (TPSA) is 21.7 Å². The number of hydrogen-bond acceptors (Lipinski definition) is 4. The van der Waals surface area contributed by atoms with Crippen molar-refractivity contribution < 1.29 is 9.57 Å². The van der Waals surface area contributed by atoms with Crippen molar-refractivity contribution in [2.75, 3.05) is 19.7 Å².